The van der Waals surface area contributed by atoms with Gasteiger partial charge in [-0.05, 0) is 61.4 Å². The molecule has 0 fully saturated rings. The zero-order chi connectivity index (χ0) is 21.7. The predicted molar refractivity (Wildman–Crippen MR) is 115 cm³/mol. The zero-order valence-electron chi connectivity index (χ0n) is 16.7. The van der Waals surface area contributed by atoms with Crippen molar-refractivity contribution in [3.8, 4) is 5.75 Å². The van der Waals surface area contributed by atoms with Gasteiger partial charge in [-0.15, -0.1) is 15.3 Å². The SMILES string of the molecule is COc1cc(/N=N/c2ccc(C)cc2[N+](=O)[O-])c(C)cc1/N=N/c1ccc(N)cc1. The Labute approximate surface area is 173 Å². The topological polar surface area (TPSA) is 128 Å². The number of nitrogen functional groups attached to an aromatic ring is 1. The fraction of sp³-hybridized carbons (Fsp3) is 0.143. The van der Waals surface area contributed by atoms with E-state index < -0.39 is 4.92 Å². The third-order valence-electron chi connectivity index (χ3n) is 4.26. The van der Waals surface area contributed by atoms with E-state index in [1.165, 1.54) is 13.2 Å². The lowest BCUT2D eigenvalue weighted by Gasteiger charge is -2.07. The number of methoxy groups -OCH3 is 1. The molecule has 2 N–H and O–H groups in total. The molecule has 0 unspecified atom stereocenters. The van der Waals surface area contributed by atoms with E-state index in [1.807, 2.05) is 6.92 Å². The van der Waals surface area contributed by atoms with Crippen LogP contribution in [-0.4, -0.2) is 12.0 Å². The molecular weight excluding hydrogens is 384 g/mol. The number of hydrogen-bond donors (Lipinski definition) is 1. The van der Waals surface area contributed by atoms with Gasteiger partial charge in [0.1, 0.15) is 11.4 Å². The number of aryl methyl sites for hydroxylation is 2. The summed E-state index contributed by atoms with van der Waals surface area (Å²) in [4.78, 5) is 10.8. The van der Waals surface area contributed by atoms with Gasteiger partial charge in [-0.25, -0.2) is 0 Å². The van der Waals surface area contributed by atoms with Crippen molar-refractivity contribution in [1.82, 2.24) is 0 Å². The van der Waals surface area contributed by atoms with E-state index in [-0.39, 0.29) is 11.4 Å². The number of rotatable bonds is 6. The Hall–Kier alpha value is -4.14. The molecule has 0 aliphatic heterocycles. The molecule has 30 heavy (non-hydrogen) atoms. The van der Waals surface area contributed by atoms with Gasteiger partial charge in [-0.2, -0.15) is 5.11 Å². The second kappa shape index (κ2) is 8.91. The molecule has 3 aromatic rings. The monoisotopic (exact) mass is 404 g/mol. The lowest BCUT2D eigenvalue weighted by molar-refractivity contribution is -0.384. The van der Waals surface area contributed by atoms with Crippen molar-refractivity contribution in [2.45, 2.75) is 13.8 Å². The van der Waals surface area contributed by atoms with Crippen molar-refractivity contribution in [2.24, 2.45) is 20.5 Å². The van der Waals surface area contributed by atoms with E-state index >= 15 is 0 Å². The largest absolute Gasteiger partial charge is 0.494 e. The van der Waals surface area contributed by atoms with Gasteiger partial charge >= 0.3 is 0 Å². The minimum Gasteiger partial charge on any atom is -0.494 e. The van der Waals surface area contributed by atoms with Crippen molar-refractivity contribution in [2.75, 3.05) is 12.8 Å². The summed E-state index contributed by atoms with van der Waals surface area (Å²) in [6.45, 7) is 3.61. The van der Waals surface area contributed by atoms with E-state index in [2.05, 4.69) is 20.5 Å². The van der Waals surface area contributed by atoms with Crippen LogP contribution in [0.3, 0.4) is 0 Å². The smallest absolute Gasteiger partial charge is 0.296 e. The number of nitrogens with zero attached hydrogens (tertiary/aromatic N) is 5. The summed E-state index contributed by atoms with van der Waals surface area (Å²) in [6, 6.07) is 15.2. The second-order valence-corrected chi connectivity index (χ2v) is 6.55. The highest BCUT2D eigenvalue weighted by Crippen LogP contribution is 2.37. The minimum atomic E-state index is -0.477. The Morgan fingerprint density at radius 3 is 2.20 bits per heavy atom. The number of azo groups is 2. The van der Waals surface area contributed by atoms with Crippen molar-refractivity contribution in [3.05, 3.63) is 75.8 Å². The molecule has 0 radical (unpaired) electrons. The molecule has 3 rings (SSSR count). The molecule has 0 amide bonds. The standard InChI is InChI=1S/C21H20N6O3/c1-13-4-9-17(20(10-13)27(28)29)24-25-18-12-21(30-3)19(11-14(18)2)26-23-16-7-5-15(22)6-8-16/h4-12H,22H2,1-3H3/b25-24+,26-23+. The van der Waals surface area contributed by atoms with Crippen LogP contribution in [0.4, 0.5) is 34.1 Å². The third-order valence-corrected chi connectivity index (χ3v) is 4.26. The van der Waals surface area contributed by atoms with Crippen LogP contribution in [0.25, 0.3) is 0 Å². The molecule has 0 heterocycles. The van der Waals surface area contributed by atoms with Crippen LogP contribution in [0, 0.1) is 24.0 Å². The summed E-state index contributed by atoms with van der Waals surface area (Å²) in [5, 5.41) is 27.9. The highest BCUT2D eigenvalue weighted by atomic mass is 16.6. The average molecular weight is 404 g/mol. The highest BCUT2D eigenvalue weighted by Gasteiger charge is 2.14. The summed E-state index contributed by atoms with van der Waals surface area (Å²) < 4.78 is 5.39. The maximum atomic E-state index is 11.3. The number of anilines is 1. The van der Waals surface area contributed by atoms with Crippen molar-refractivity contribution < 1.29 is 9.66 Å². The summed E-state index contributed by atoms with van der Waals surface area (Å²) >= 11 is 0. The second-order valence-electron chi connectivity index (χ2n) is 6.55. The Kier molecular flexibility index (Phi) is 6.11. The summed E-state index contributed by atoms with van der Waals surface area (Å²) in [7, 11) is 1.51. The van der Waals surface area contributed by atoms with Crippen LogP contribution in [0.2, 0.25) is 0 Å². The van der Waals surface area contributed by atoms with Gasteiger partial charge in [-0.1, -0.05) is 6.07 Å². The van der Waals surface area contributed by atoms with Crippen molar-refractivity contribution >= 4 is 34.1 Å². The summed E-state index contributed by atoms with van der Waals surface area (Å²) in [5.41, 5.74) is 9.61. The lowest BCUT2D eigenvalue weighted by Crippen LogP contribution is -1.89. The first-order valence-corrected chi connectivity index (χ1v) is 9.00. The fourth-order valence-electron chi connectivity index (χ4n) is 2.64. The number of benzene rings is 3. The molecule has 9 nitrogen and oxygen atoms in total. The van der Waals surface area contributed by atoms with Crippen LogP contribution in [0.1, 0.15) is 11.1 Å². The molecule has 152 valence electrons. The van der Waals surface area contributed by atoms with Gasteiger partial charge in [0.05, 0.1) is 23.4 Å². The van der Waals surface area contributed by atoms with Crippen LogP contribution >= 0.6 is 0 Å². The molecule has 0 spiro atoms. The van der Waals surface area contributed by atoms with Crippen LogP contribution in [0.15, 0.2) is 75.1 Å². The first-order chi connectivity index (χ1) is 14.4. The molecule has 0 saturated carbocycles. The van der Waals surface area contributed by atoms with E-state index in [1.54, 1.807) is 55.5 Å². The van der Waals surface area contributed by atoms with Gasteiger partial charge in [0, 0.05) is 17.8 Å². The number of nitro benzene ring substituents is 1. The predicted octanol–water partition coefficient (Wildman–Crippen LogP) is 6.63. The van der Waals surface area contributed by atoms with Crippen molar-refractivity contribution in [1.29, 1.82) is 0 Å². The Morgan fingerprint density at radius 1 is 0.867 bits per heavy atom. The summed E-state index contributed by atoms with van der Waals surface area (Å²) in [5.74, 6) is 0.451. The van der Waals surface area contributed by atoms with Crippen LogP contribution in [-0.2, 0) is 0 Å². The maximum Gasteiger partial charge on any atom is 0.296 e. The number of hydrogen-bond acceptors (Lipinski definition) is 8. The van der Waals surface area contributed by atoms with E-state index in [9.17, 15) is 10.1 Å². The van der Waals surface area contributed by atoms with Gasteiger partial charge in [-0.3, -0.25) is 10.1 Å². The third kappa shape index (κ3) is 4.82. The molecule has 0 aromatic heterocycles. The van der Waals surface area contributed by atoms with E-state index in [4.69, 9.17) is 10.5 Å². The van der Waals surface area contributed by atoms with Gasteiger partial charge < -0.3 is 10.5 Å². The van der Waals surface area contributed by atoms with Crippen LogP contribution < -0.4 is 10.5 Å². The first kappa shape index (κ1) is 20.6. The maximum absolute atomic E-state index is 11.3. The lowest BCUT2D eigenvalue weighted by atomic mass is 10.1. The molecule has 0 aliphatic carbocycles. The van der Waals surface area contributed by atoms with E-state index in [0.717, 1.165) is 11.1 Å². The Bertz CT molecular complexity index is 1140. The molecule has 3 aromatic carbocycles. The minimum absolute atomic E-state index is 0.0997. The number of nitro groups is 1. The molecule has 9 heteroatoms. The highest BCUT2D eigenvalue weighted by molar-refractivity contribution is 5.64. The Morgan fingerprint density at radius 2 is 1.53 bits per heavy atom. The summed E-state index contributed by atoms with van der Waals surface area (Å²) in [6.07, 6.45) is 0. The van der Waals surface area contributed by atoms with Crippen molar-refractivity contribution in [3.63, 3.8) is 0 Å². The molecule has 0 saturated heterocycles. The fourth-order valence-corrected chi connectivity index (χ4v) is 2.64. The van der Waals surface area contributed by atoms with E-state index in [0.29, 0.717) is 28.5 Å². The van der Waals surface area contributed by atoms with Gasteiger partial charge in [0.15, 0.2) is 5.69 Å². The van der Waals surface area contributed by atoms with Crippen LogP contribution in [0.5, 0.6) is 5.75 Å². The van der Waals surface area contributed by atoms with Gasteiger partial charge in [0.2, 0.25) is 0 Å². The molecule has 0 bridgehead atoms. The normalized spacial score (nSPS) is 11.3. The average Bonchev–Trinajstić information content (AvgIpc) is 2.73. The Balaban J connectivity index is 1.92. The zero-order valence-corrected chi connectivity index (χ0v) is 16.7. The number of ether oxygens (including phenoxy) is 1. The molecule has 0 atom stereocenters. The molecule has 0 aliphatic rings. The van der Waals surface area contributed by atoms with Gasteiger partial charge in [0.25, 0.3) is 5.69 Å². The molecular formula is C21H20N6O3. The quantitative estimate of drug-likeness (QED) is 0.214. The first-order valence-electron chi connectivity index (χ1n) is 9.00. The number of nitrogens with two attached hydrogens (primary N) is 1.